The zero-order chi connectivity index (χ0) is 18.3. The zero-order valence-corrected chi connectivity index (χ0v) is 15.7. The van der Waals surface area contributed by atoms with Crippen molar-refractivity contribution in [2.24, 2.45) is 5.92 Å². The number of aryl methyl sites for hydroxylation is 1. The number of fused-ring (bicyclic) bond motifs is 2. The van der Waals surface area contributed by atoms with Crippen LogP contribution in [0.25, 0.3) is 11.0 Å². The van der Waals surface area contributed by atoms with Crippen LogP contribution in [-0.4, -0.2) is 29.1 Å². The van der Waals surface area contributed by atoms with E-state index in [4.69, 9.17) is 0 Å². The molecule has 3 aromatic rings. The molecule has 2 N–H and O–H groups in total. The number of H-pyrrole nitrogens is 1. The molecule has 0 unspecified atom stereocenters. The summed E-state index contributed by atoms with van der Waals surface area (Å²) in [6, 6.07) is 7.73. The van der Waals surface area contributed by atoms with Crippen molar-refractivity contribution >= 4 is 26.7 Å². The summed E-state index contributed by atoms with van der Waals surface area (Å²) in [5.74, 6) is 1.23. The minimum Gasteiger partial charge on any atom is -0.362 e. The summed E-state index contributed by atoms with van der Waals surface area (Å²) in [6.07, 6.45) is 4.88. The van der Waals surface area contributed by atoms with E-state index in [2.05, 4.69) is 34.1 Å². The minimum atomic E-state index is -3.18. The van der Waals surface area contributed by atoms with Gasteiger partial charge in [0, 0.05) is 6.20 Å². The highest BCUT2D eigenvalue weighted by Crippen LogP contribution is 2.33. The number of hydrogen-bond donors (Lipinski definition) is 2. The fourth-order valence-corrected chi connectivity index (χ4v) is 5.22. The molecule has 7 heteroatoms. The van der Waals surface area contributed by atoms with Crippen LogP contribution in [0.15, 0.2) is 41.7 Å². The molecule has 1 aromatic carbocycles. The second-order valence-electron chi connectivity index (χ2n) is 7.12. The number of hydrogen-bond acceptors (Lipinski definition) is 5. The Labute approximate surface area is 153 Å². The van der Waals surface area contributed by atoms with Crippen molar-refractivity contribution in [3.8, 4) is 0 Å². The lowest BCUT2D eigenvalue weighted by atomic mass is 9.94. The number of nitrogens with zero attached hydrogens (tertiary/aromatic N) is 2. The van der Waals surface area contributed by atoms with E-state index in [-0.39, 0.29) is 17.7 Å². The molecule has 0 radical (unpaired) electrons. The molecule has 4 rings (SSSR count). The summed E-state index contributed by atoms with van der Waals surface area (Å²) < 4.78 is 24.9. The van der Waals surface area contributed by atoms with Crippen LogP contribution in [0.2, 0.25) is 0 Å². The number of nitrogens with one attached hydrogen (secondary N) is 2. The van der Waals surface area contributed by atoms with Crippen LogP contribution in [0.4, 0.5) is 5.82 Å². The van der Waals surface area contributed by atoms with E-state index in [1.165, 1.54) is 6.33 Å². The molecule has 6 nitrogen and oxygen atoms in total. The van der Waals surface area contributed by atoms with Crippen LogP contribution < -0.4 is 5.32 Å². The van der Waals surface area contributed by atoms with Crippen LogP contribution in [0.3, 0.4) is 0 Å². The van der Waals surface area contributed by atoms with E-state index >= 15 is 0 Å². The average Bonchev–Trinajstić information content (AvgIpc) is 3.08. The summed E-state index contributed by atoms with van der Waals surface area (Å²) in [6.45, 7) is 4.22. The van der Waals surface area contributed by atoms with Crippen molar-refractivity contribution in [3.05, 3.63) is 47.9 Å². The van der Waals surface area contributed by atoms with Crippen LogP contribution in [0.5, 0.6) is 0 Å². The van der Waals surface area contributed by atoms with Gasteiger partial charge in [-0.3, -0.25) is 0 Å². The Kier molecular flexibility index (Phi) is 4.19. The first-order chi connectivity index (χ1) is 12.5. The molecule has 0 fully saturated rings. The van der Waals surface area contributed by atoms with E-state index < -0.39 is 9.84 Å². The van der Waals surface area contributed by atoms with Crippen LogP contribution in [0, 0.1) is 5.92 Å². The standard InChI is InChI=1S/C19H22N4O2S/c1-12(2)17(23-19-15-7-8-20-18(15)21-11-22-19)14-6-5-13-4-3-9-26(24,25)16(13)10-14/h5-8,10-12,17H,3-4,9H2,1-2H3,(H2,20,21,22,23)/t17-/m0/s1. The molecule has 1 atom stereocenters. The lowest BCUT2D eigenvalue weighted by Crippen LogP contribution is -2.20. The maximum Gasteiger partial charge on any atom is 0.178 e. The third-order valence-electron chi connectivity index (χ3n) is 4.96. The first-order valence-electron chi connectivity index (χ1n) is 8.86. The van der Waals surface area contributed by atoms with Gasteiger partial charge in [-0.15, -0.1) is 0 Å². The van der Waals surface area contributed by atoms with Crippen molar-refractivity contribution in [3.63, 3.8) is 0 Å². The molecular formula is C19H22N4O2S. The number of benzene rings is 1. The van der Waals surface area contributed by atoms with Crippen molar-refractivity contribution in [2.75, 3.05) is 11.1 Å². The predicted molar refractivity (Wildman–Crippen MR) is 102 cm³/mol. The molecule has 0 saturated heterocycles. The minimum absolute atomic E-state index is 0.0505. The van der Waals surface area contributed by atoms with Gasteiger partial charge in [-0.2, -0.15) is 0 Å². The van der Waals surface area contributed by atoms with Crippen molar-refractivity contribution in [1.82, 2.24) is 15.0 Å². The molecule has 26 heavy (non-hydrogen) atoms. The normalized spacial score (nSPS) is 17.2. The third kappa shape index (κ3) is 2.96. The molecule has 1 aliphatic rings. The van der Waals surface area contributed by atoms with Gasteiger partial charge in [0.2, 0.25) is 0 Å². The third-order valence-corrected chi connectivity index (χ3v) is 6.83. The second-order valence-corrected chi connectivity index (χ2v) is 9.20. The van der Waals surface area contributed by atoms with Crippen LogP contribution in [-0.2, 0) is 16.3 Å². The van der Waals surface area contributed by atoms with Gasteiger partial charge < -0.3 is 10.3 Å². The zero-order valence-electron chi connectivity index (χ0n) is 14.9. The van der Waals surface area contributed by atoms with Crippen LogP contribution >= 0.6 is 0 Å². The predicted octanol–water partition coefficient (Wildman–Crippen LogP) is 3.49. The molecule has 0 aliphatic carbocycles. The number of aromatic nitrogens is 3. The molecule has 0 saturated carbocycles. The average molecular weight is 370 g/mol. The van der Waals surface area contributed by atoms with Gasteiger partial charge >= 0.3 is 0 Å². The summed E-state index contributed by atoms with van der Waals surface area (Å²) in [5.41, 5.74) is 2.67. The Bertz CT molecular complexity index is 1060. The fraction of sp³-hybridized carbons (Fsp3) is 0.368. The van der Waals surface area contributed by atoms with E-state index in [1.807, 2.05) is 30.5 Å². The topological polar surface area (TPSA) is 87.7 Å². The number of rotatable bonds is 4. The quantitative estimate of drug-likeness (QED) is 0.734. The number of aromatic amines is 1. The van der Waals surface area contributed by atoms with Gasteiger partial charge in [-0.25, -0.2) is 18.4 Å². The van der Waals surface area contributed by atoms with Gasteiger partial charge in [0.15, 0.2) is 9.84 Å². The highest BCUT2D eigenvalue weighted by atomic mass is 32.2. The lowest BCUT2D eigenvalue weighted by molar-refractivity contribution is 0.542. The smallest absolute Gasteiger partial charge is 0.178 e. The van der Waals surface area contributed by atoms with Gasteiger partial charge in [0.1, 0.15) is 17.8 Å². The maximum atomic E-state index is 12.5. The van der Waals surface area contributed by atoms with Gasteiger partial charge in [0.05, 0.1) is 22.1 Å². The second kappa shape index (κ2) is 6.39. The summed E-state index contributed by atoms with van der Waals surface area (Å²) >= 11 is 0. The van der Waals surface area contributed by atoms with E-state index in [1.54, 1.807) is 0 Å². The maximum absolute atomic E-state index is 12.5. The summed E-state index contributed by atoms with van der Waals surface area (Å²) in [7, 11) is -3.18. The SMILES string of the molecule is CC(C)[C@H](Nc1ncnc2[nH]ccc12)c1ccc2c(c1)S(=O)(=O)CCC2. The first-order valence-corrected chi connectivity index (χ1v) is 10.5. The Morgan fingerprint density at radius 2 is 2.04 bits per heavy atom. The summed E-state index contributed by atoms with van der Waals surface area (Å²) in [5, 5.41) is 4.41. The Morgan fingerprint density at radius 1 is 1.19 bits per heavy atom. The fourth-order valence-electron chi connectivity index (χ4n) is 3.59. The Morgan fingerprint density at radius 3 is 2.85 bits per heavy atom. The first kappa shape index (κ1) is 17.0. The van der Waals surface area contributed by atoms with Gasteiger partial charge in [-0.1, -0.05) is 26.0 Å². The molecule has 2 aromatic heterocycles. The van der Waals surface area contributed by atoms with Crippen molar-refractivity contribution in [1.29, 1.82) is 0 Å². The van der Waals surface area contributed by atoms with Gasteiger partial charge in [-0.05, 0) is 42.0 Å². The molecule has 136 valence electrons. The molecule has 0 spiro atoms. The lowest BCUT2D eigenvalue weighted by Gasteiger charge is -2.26. The number of anilines is 1. The van der Waals surface area contributed by atoms with E-state index in [0.29, 0.717) is 11.3 Å². The van der Waals surface area contributed by atoms with E-state index in [9.17, 15) is 8.42 Å². The van der Waals surface area contributed by atoms with Crippen LogP contribution in [0.1, 0.15) is 37.4 Å². The van der Waals surface area contributed by atoms with Gasteiger partial charge in [0.25, 0.3) is 0 Å². The van der Waals surface area contributed by atoms with Crippen molar-refractivity contribution < 1.29 is 8.42 Å². The van der Waals surface area contributed by atoms with E-state index in [0.717, 1.165) is 34.4 Å². The Hall–Kier alpha value is -2.41. The summed E-state index contributed by atoms with van der Waals surface area (Å²) in [4.78, 5) is 12.2. The molecule has 0 amide bonds. The molecular weight excluding hydrogens is 348 g/mol. The highest BCUT2D eigenvalue weighted by Gasteiger charge is 2.26. The van der Waals surface area contributed by atoms with Crippen molar-refractivity contribution in [2.45, 2.75) is 37.6 Å². The molecule has 3 heterocycles. The number of sulfone groups is 1. The molecule has 1 aliphatic heterocycles. The Balaban J connectivity index is 1.75. The highest BCUT2D eigenvalue weighted by molar-refractivity contribution is 7.91. The molecule has 0 bridgehead atoms. The monoisotopic (exact) mass is 370 g/mol. The largest absolute Gasteiger partial charge is 0.362 e.